The Morgan fingerprint density at radius 3 is 2.58 bits per heavy atom. The highest BCUT2D eigenvalue weighted by Gasteiger charge is 2.15. The molecule has 0 saturated heterocycles. The van der Waals surface area contributed by atoms with E-state index in [4.69, 9.17) is 9.47 Å². The molecule has 4 rings (SSSR count). The second kappa shape index (κ2) is 6.22. The van der Waals surface area contributed by atoms with E-state index in [9.17, 15) is 4.79 Å². The Bertz CT molecular complexity index is 1170. The van der Waals surface area contributed by atoms with Crippen molar-refractivity contribution in [3.63, 3.8) is 0 Å². The summed E-state index contributed by atoms with van der Waals surface area (Å²) in [5.74, 6) is 1.36. The van der Waals surface area contributed by atoms with Crippen LogP contribution in [-0.2, 0) is 6.54 Å². The molecule has 0 radical (unpaired) electrons. The maximum atomic E-state index is 13.3. The zero-order valence-corrected chi connectivity index (χ0v) is 14.9. The van der Waals surface area contributed by atoms with E-state index in [0.29, 0.717) is 23.4 Å². The number of hydrogen-bond acceptors (Lipinski definition) is 4. The lowest BCUT2D eigenvalue weighted by molar-refractivity contribution is 0.415. The van der Waals surface area contributed by atoms with Crippen molar-refractivity contribution >= 4 is 21.5 Å². The Morgan fingerprint density at radius 2 is 1.88 bits per heavy atom. The van der Waals surface area contributed by atoms with E-state index in [-0.39, 0.29) is 5.56 Å². The summed E-state index contributed by atoms with van der Waals surface area (Å²) in [5.41, 5.74) is 1.72. The van der Waals surface area contributed by atoms with Crippen LogP contribution in [0.4, 0.5) is 0 Å². The van der Waals surface area contributed by atoms with Gasteiger partial charge in [-0.25, -0.2) is 4.98 Å². The van der Waals surface area contributed by atoms with Crippen LogP contribution in [0.5, 0.6) is 11.5 Å². The molecule has 0 atom stereocenters. The summed E-state index contributed by atoms with van der Waals surface area (Å²) < 4.78 is 12.7. The molecule has 0 amide bonds. The summed E-state index contributed by atoms with van der Waals surface area (Å²) >= 11 is 0. The first-order chi connectivity index (χ1) is 12.6. The first-order valence-electron chi connectivity index (χ1n) is 8.29. The summed E-state index contributed by atoms with van der Waals surface area (Å²) in [6.07, 6.45) is 3.42. The molecule has 2 aromatic heterocycles. The van der Waals surface area contributed by atoms with Gasteiger partial charge in [0.25, 0.3) is 5.56 Å². The van der Waals surface area contributed by atoms with Gasteiger partial charge in [-0.3, -0.25) is 4.79 Å². The van der Waals surface area contributed by atoms with Gasteiger partial charge in [0.15, 0.2) is 0 Å². The Kier molecular flexibility index (Phi) is 3.88. The molecule has 2 heterocycles. The number of aromatic amines is 1. The fraction of sp³-hybridized carbons (Fsp3) is 0.200. The molecule has 0 saturated carbocycles. The third kappa shape index (κ3) is 2.42. The third-order valence-electron chi connectivity index (χ3n) is 4.74. The minimum absolute atomic E-state index is 0.0814. The predicted octanol–water partition coefficient (Wildman–Crippen LogP) is 3.25. The van der Waals surface area contributed by atoms with Gasteiger partial charge < -0.3 is 19.0 Å². The number of nitrogens with one attached hydrogen (secondary N) is 1. The molecule has 132 valence electrons. The molecule has 0 aliphatic rings. The number of imidazole rings is 1. The number of ether oxygens (including phenoxy) is 2. The van der Waals surface area contributed by atoms with Crippen molar-refractivity contribution in [3.8, 4) is 11.5 Å². The van der Waals surface area contributed by atoms with Gasteiger partial charge in [-0.05, 0) is 30.5 Å². The molecule has 0 bridgehead atoms. The summed E-state index contributed by atoms with van der Waals surface area (Å²) in [6.45, 7) is 2.35. The van der Waals surface area contributed by atoms with Crippen molar-refractivity contribution < 1.29 is 9.47 Å². The summed E-state index contributed by atoms with van der Waals surface area (Å²) in [4.78, 5) is 20.6. The lowest BCUT2D eigenvalue weighted by atomic mass is 10.0. The van der Waals surface area contributed by atoms with Crippen LogP contribution < -0.4 is 15.0 Å². The maximum absolute atomic E-state index is 13.3. The zero-order valence-electron chi connectivity index (χ0n) is 14.9. The maximum Gasteiger partial charge on any atom is 0.259 e. The fourth-order valence-corrected chi connectivity index (χ4v) is 3.34. The van der Waals surface area contributed by atoms with Crippen LogP contribution in [-0.4, -0.2) is 28.8 Å². The second-order valence-electron chi connectivity index (χ2n) is 6.15. The number of benzene rings is 2. The molecule has 0 unspecified atom stereocenters. The SMILES string of the molecule is COc1cccc2c1cc(OC)c1ccn(Cc3nc[nH]c3C)c(=O)c12. The van der Waals surface area contributed by atoms with E-state index in [1.807, 2.05) is 37.3 Å². The number of pyridine rings is 1. The lowest BCUT2D eigenvalue weighted by Crippen LogP contribution is -2.21. The highest BCUT2D eigenvalue weighted by atomic mass is 16.5. The van der Waals surface area contributed by atoms with Gasteiger partial charge in [0.1, 0.15) is 11.5 Å². The van der Waals surface area contributed by atoms with Gasteiger partial charge in [-0.1, -0.05) is 12.1 Å². The molecule has 0 aliphatic carbocycles. The zero-order chi connectivity index (χ0) is 18.3. The second-order valence-corrected chi connectivity index (χ2v) is 6.15. The van der Waals surface area contributed by atoms with Crippen LogP contribution in [0.1, 0.15) is 11.4 Å². The number of aryl methyl sites for hydroxylation is 1. The number of rotatable bonds is 4. The smallest absolute Gasteiger partial charge is 0.259 e. The first kappa shape index (κ1) is 16.2. The molecular weight excluding hydrogens is 330 g/mol. The quantitative estimate of drug-likeness (QED) is 0.574. The normalized spacial score (nSPS) is 11.2. The average Bonchev–Trinajstić information content (AvgIpc) is 3.07. The van der Waals surface area contributed by atoms with E-state index in [0.717, 1.165) is 27.5 Å². The van der Waals surface area contributed by atoms with Crippen LogP contribution >= 0.6 is 0 Å². The third-order valence-corrected chi connectivity index (χ3v) is 4.74. The van der Waals surface area contributed by atoms with Crippen molar-refractivity contribution in [1.82, 2.24) is 14.5 Å². The van der Waals surface area contributed by atoms with Crippen LogP contribution in [0.15, 0.2) is 47.7 Å². The minimum Gasteiger partial charge on any atom is -0.496 e. The number of aromatic nitrogens is 3. The number of hydrogen-bond donors (Lipinski definition) is 1. The van der Waals surface area contributed by atoms with Crippen molar-refractivity contribution in [2.75, 3.05) is 14.2 Å². The number of H-pyrrole nitrogens is 1. The molecule has 0 fully saturated rings. The molecule has 4 aromatic rings. The van der Waals surface area contributed by atoms with Crippen molar-refractivity contribution in [1.29, 1.82) is 0 Å². The van der Waals surface area contributed by atoms with Gasteiger partial charge in [0, 0.05) is 22.7 Å². The van der Waals surface area contributed by atoms with Gasteiger partial charge >= 0.3 is 0 Å². The van der Waals surface area contributed by atoms with E-state index in [2.05, 4.69) is 9.97 Å². The van der Waals surface area contributed by atoms with E-state index in [1.54, 1.807) is 31.3 Å². The van der Waals surface area contributed by atoms with Gasteiger partial charge in [-0.15, -0.1) is 0 Å². The van der Waals surface area contributed by atoms with Crippen molar-refractivity contribution in [2.24, 2.45) is 0 Å². The number of nitrogens with zero attached hydrogens (tertiary/aromatic N) is 2. The predicted molar refractivity (Wildman–Crippen MR) is 101 cm³/mol. The van der Waals surface area contributed by atoms with Crippen LogP contribution in [0, 0.1) is 6.92 Å². The van der Waals surface area contributed by atoms with E-state index < -0.39 is 0 Å². The fourth-order valence-electron chi connectivity index (χ4n) is 3.34. The molecule has 0 aliphatic heterocycles. The van der Waals surface area contributed by atoms with Crippen LogP contribution in [0.2, 0.25) is 0 Å². The average molecular weight is 349 g/mol. The molecule has 26 heavy (non-hydrogen) atoms. The summed E-state index contributed by atoms with van der Waals surface area (Å²) in [7, 11) is 3.23. The Hall–Kier alpha value is -3.28. The summed E-state index contributed by atoms with van der Waals surface area (Å²) in [6, 6.07) is 9.53. The van der Waals surface area contributed by atoms with Gasteiger partial charge in [0.2, 0.25) is 0 Å². The van der Waals surface area contributed by atoms with Gasteiger partial charge in [-0.2, -0.15) is 0 Å². The molecule has 2 aromatic carbocycles. The molecule has 6 heteroatoms. The molecule has 6 nitrogen and oxygen atoms in total. The highest BCUT2D eigenvalue weighted by molar-refractivity contribution is 6.11. The van der Waals surface area contributed by atoms with E-state index >= 15 is 0 Å². The number of methoxy groups -OCH3 is 2. The van der Waals surface area contributed by atoms with Crippen LogP contribution in [0.3, 0.4) is 0 Å². The largest absolute Gasteiger partial charge is 0.496 e. The highest BCUT2D eigenvalue weighted by Crippen LogP contribution is 2.35. The minimum atomic E-state index is -0.0814. The van der Waals surface area contributed by atoms with Gasteiger partial charge in [0.05, 0.1) is 38.2 Å². The Balaban J connectivity index is 2.05. The Morgan fingerprint density at radius 1 is 1.08 bits per heavy atom. The monoisotopic (exact) mass is 349 g/mol. The first-order valence-corrected chi connectivity index (χ1v) is 8.29. The molecule has 0 spiro atoms. The van der Waals surface area contributed by atoms with Crippen LogP contribution in [0.25, 0.3) is 21.5 Å². The topological polar surface area (TPSA) is 69.1 Å². The molecular formula is C20H19N3O3. The standard InChI is InChI=1S/C20H19N3O3/c1-12-16(22-11-21-12)10-23-8-7-14-18(26-3)9-15-13(19(14)20(23)24)5-4-6-17(15)25-2/h4-9,11H,10H2,1-3H3,(H,21,22). The van der Waals surface area contributed by atoms with Crippen molar-refractivity contribution in [2.45, 2.75) is 13.5 Å². The van der Waals surface area contributed by atoms with Crippen molar-refractivity contribution in [3.05, 3.63) is 64.6 Å². The molecule has 1 N–H and O–H groups in total. The number of fused-ring (bicyclic) bond motifs is 3. The lowest BCUT2D eigenvalue weighted by Gasteiger charge is -2.13. The Labute approximate surface area is 150 Å². The van der Waals surface area contributed by atoms with E-state index in [1.165, 1.54) is 0 Å². The summed E-state index contributed by atoms with van der Waals surface area (Å²) in [5, 5.41) is 3.10.